The number of nitrogens with zero attached hydrogens (tertiary/aromatic N) is 3. The second-order valence-corrected chi connectivity index (χ2v) is 9.66. The number of amides is 2. The standard InChI is InChI=1S/C29H27ClN4O2/c1-17-5-8-21(9-6-17)16-34-20(4)25(26(31-29(34)35)23-10-7-18(2)19(3)15-23)28-32-27(33-36-28)22-11-13-24(30)14-12-22/h5-15,26H,16H2,1-4H3,(H,31,35). The molecule has 2 amide bonds. The summed E-state index contributed by atoms with van der Waals surface area (Å²) in [5, 5.41) is 8.05. The van der Waals surface area contributed by atoms with Crippen molar-refractivity contribution in [3.8, 4) is 11.4 Å². The number of benzene rings is 3. The number of carbonyl (C=O) groups excluding carboxylic acids is 1. The Balaban J connectivity index is 1.60. The quantitative estimate of drug-likeness (QED) is 0.321. The molecule has 2 heterocycles. The number of urea groups is 1. The smallest absolute Gasteiger partial charge is 0.322 e. The third-order valence-electron chi connectivity index (χ3n) is 6.68. The van der Waals surface area contributed by atoms with Gasteiger partial charge in [-0.2, -0.15) is 4.98 Å². The molecule has 4 aromatic rings. The number of halogens is 1. The molecule has 0 saturated heterocycles. The van der Waals surface area contributed by atoms with Crippen LogP contribution in [0.4, 0.5) is 4.79 Å². The van der Waals surface area contributed by atoms with Crippen molar-refractivity contribution in [2.75, 3.05) is 0 Å². The summed E-state index contributed by atoms with van der Waals surface area (Å²) in [6.45, 7) is 8.54. The minimum atomic E-state index is -0.426. The van der Waals surface area contributed by atoms with Crippen molar-refractivity contribution in [2.24, 2.45) is 0 Å². The first-order chi connectivity index (χ1) is 17.3. The number of hydrogen-bond donors (Lipinski definition) is 1. The molecule has 1 aliphatic heterocycles. The van der Waals surface area contributed by atoms with Gasteiger partial charge in [-0.25, -0.2) is 4.79 Å². The third kappa shape index (κ3) is 4.64. The molecule has 7 heteroatoms. The van der Waals surface area contributed by atoms with Gasteiger partial charge >= 0.3 is 6.03 Å². The minimum absolute atomic E-state index is 0.169. The van der Waals surface area contributed by atoms with Gasteiger partial charge in [-0.05, 0) is 74.2 Å². The molecule has 1 aromatic heterocycles. The maximum absolute atomic E-state index is 13.3. The Hall–Kier alpha value is -3.90. The van der Waals surface area contributed by atoms with Gasteiger partial charge in [-0.15, -0.1) is 0 Å². The fourth-order valence-electron chi connectivity index (χ4n) is 4.37. The minimum Gasteiger partial charge on any atom is -0.334 e. The van der Waals surface area contributed by atoms with Gasteiger partial charge in [0.25, 0.3) is 5.89 Å². The van der Waals surface area contributed by atoms with Crippen LogP contribution >= 0.6 is 11.6 Å². The average Bonchev–Trinajstić information content (AvgIpc) is 3.34. The maximum Gasteiger partial charge on any atom is 0.322 e. The Labute approximate surface area is 215 Å². The zero-order chi connectivity index (χ0) is 25.4. The lowest BCUT2D eigenvalue weighted by Gasteiger charge is -2.35. The Morgan fingerprint density at radius 2 is 1.67 bits per heavy atom. The highest BCUT2D eigenvalue weighted by atomic mass is 35.5. The summed E-state index contributed by atoms with van der Waals surface area (Å²) in [6, 6.07) is 21.1. The number of rotatable bonds is 5. The van der Waals surface area contributed by atoms with E-state index in [0.29, 0.717) is 23.3 Å². The van der Waals surface area contributed by atoms with Crippen LogP contribution in [0.3, 0.4) is 0 Å². The van der Waals surface area contributed by atoms with Crippen LogP contribution in [-0.2, 0) is 6.54 Å². The maximum atomic E-state index is 13.3. The van der Waals surface area contributed by atoms with E-state index in [4.69, 9.17) is 21.1 Å². The molecule has 0 bridgehead atoms. The molecular weight excluding hydrogens is 472 g/mol. The molecule has 1 unspecified atom stereocenters. The molecule has 3 aromatic carbocycles. The Bertz CT molecular complexity index is 1460. The van der Waals surface area contributed by atoms with Gasteiger partial charge in [-0.3, -0.25) is 4.90 Å². The Morgan fingerprint density at radius 1 is 0.944 bits per heavy atom. The first-order valence-electron chi connectivity index (χ1n) is 11.8. The van der Waals surface area contributed by atoms with Crippen molar-refractivity contribution < 1.29 is 9.32 Å². The van der Waals surface area contributed by atoms with E-state index in [1.165, 1.54) is 11.1 Å². The van der Waals surface area contributed by atoms with Crippen LogP contribution in [0.2, 0.25) is 5.02 Å². The van der Waals surface area contributed by atoms with Crippen LogP contribution in [0.1, 0.15) is 46.7 Å². The monoisotopic (exact) mass is 498 g/mol. The molecule has 0 aliphatic carbocycles. The van der Waals surface area contributed by atoms with Crippen LogP contribution in [0.5, 0.6) is 0 Å². The van der Waals surface area contributed by atoms with Gasteiger partial charge in [0.1, 0.15) is 0 Å². The highest BCUT2D eigenvalue weighted by molar-refractivity contribution is 6.30. The van der Waals surface area contributed by atoms with Crippen molar-refractivity contribution >= 4 is 23.2 Å². The van der Waals surface area contributed by atoms with E-state index in [-0.39, 0.29) is 6.03 Å². The molecule has 0 radical (unpaired) electrons. The van der Waals surface area contributed by atoms with E-state index >= 15 is 0 Å². The molecule has 0 fully saturated rings. The first kappa shape index (κ1) is 23.8. The molecule has 5 rings (SSSR count). The third-order valence-corrected chi connectivity index (χ3v) is 6.93. The van der Waals surface area contributed by atoms with E-state index in [1.807, 2.05) is 56.3 Å². The highest BCUT2D eigenvalue weighted by Crippen LogP contribution is 2.38. The van der Waals surface area contributed by atoms with Gasteiger partial charge in [0.15, 0.2) is 0 Å². The van der Waals surface area contributed by atoms with Crippen molar-refractivity contribution in [1.29, 1.82) is 0 Å². The van der Waals surface area contributed by atoms with Gasteiger partial charge in [0.2, 0.25) is 5.82 Å². The number of allylic oxidation sites excluding steroid dienone is 1. The second kappa shape index (κ2) is 9.63. The molecule has 0 spiro atoms. The number of nitrogens with one attached hydrogen (secondary N) is 1. The summed E-state index contributed by atoms with van der Waals surface area (Å²) in [5.74, 6) is 0.831. The predicted octanol–water partition coefficient (Wildman–Crippen LogP) is 7.01. The zero-order valence-electron chi connectivity index (χ0n) is 20.7. The molecule has 1 aliphatic rings. The number of aromatic nitrogens is 2. The van der Waals surface area contributed by atoms with E-state index in [0.717, 1.165) is 33.5 Å². The fraction of sp³-hybridized carbons (Fsp3) is 0.207. The normalized spacial score (nSPS) is 15.9. The van der Waals surface area contributed by atoms with Crippen LogP contribution in [0, 0.1) is 20.8 Å². The van der Waals surface area contributed by atoms with Crippen LogP contribution in [0.15, 0.2) is 77.0 Å². The molecule has 0 saturated carbocycles. The Kier molecular flexibility index (Phi) is 6.37. The lowest BCUT2D eigenvalue weighted by molar-refractivity contribution is 0.203. The summed E-state index contributed by atoms with van der Waals surface area (Å²) in [4.78, 5) is 19.8. The molecule has 36 heavy (non-hydrogen) atoms. The molecule has 6 nitrogen and oxygen atoms in total. The molecular formula is C29H27ClN4O2. The van der Waals surface area contributed by atoms with Crippen molar-refractivity contribution in [3.05, 3.63) is 111 Å². The van der Waals surface area contributed by atoms with Gasteiger partial charge < -0.3 is 9.84 Å². The number of hydrogen-bond acceptors (Lipinski definition) is 4. The summed E-state index contributed by atoms with van der Waals surface area (Å²) in [7, 11) is 0. The lowest BCUT2D eigenvalue weighted by atomic mass is 9.92. The SMILES string of the molecule is CC1=C(c2nc(-c3ccc(Cl)cc3)no2)C(c2ccc(C)c(C)c2)NC(=O)N1Cc1ccc(C)cc1. The largest absolute Gasteiger partial charge is 0.334 e. The summed E-state index contributed by atoms with van der Waals surface area (Å²) >= 11 is 6.04. The number of aryl methyl sites for hydroxylation is 3. The zero-order valence-corrected chi connectivity index (χ0v) is 21.4. The van der Waals surface area contributed by atoms with Crippen molar-refractivity contribution in [3.63, 3.8) is 0 Å². The second-order valence-electron chi connectivity index (χ2n) is 9.23. The number of carbonyl (C=O) groups is 1. The lowest BCUT2D eigenvalue weighted by Crippen LogP contribution is -2.45. The van der Waals surface area contributed by atoms with E-state index in [1.54, 1.807) is 17.0 Å². The average molecular weight is 499 g/mol. The van der Waals surface area contributed by atoms with Crippen LogP contribution < -0.4 is 5.32 Å². The molecule has 1 N–H and O–H groups in total. The summed E-state index contributed by atoms with van der Waals surface area (Å²) < 4.78 is 5.78. The van der Waals surface area contributed by atoms with Gasteiger partial charge in [0.05, 0.1) is 18.2 Å². The van der Waals surface area contributed by atoms with E-state index in [9.17, 15) is 4.79 Å². The summed E-state index contributed by atoms with van der Waals surface area (Å²) in [5.41, 5.74) is 7.84. The predicted molar refractivity (Wildman–Crippen MR) is 141 cm³/mol. The van der Waals surface area contributed by atoms with Crippen LogP contribution in [0.25, 0.3) is 17.0 Å². The van der Waals surface area contributed by atoms with Crippen molar-refractivity contribution in [1.82, 2.24) is 20.4 Å². The van der Waals surface area contributed by atoms with Gasteiger partial charge in [-0.1, -0.05) is 64.8 Å². The Morgan fingerprint density at radius 3 is 2.36 bits per heavy atom. The first-order valence-corrected chi connectivity index (χ1v) is 12.2. The van der Waals surface area contributed by atoms with E-state index in [2.05, 4.69) is 36.5 Å². The highest BCUT2D eigenvalue weighted by Gasteiger charge is 2.36. The van der Waals surface area contributed by atoms with Gasteiger partial charge in [0, 0.05) is 16.3 Å². The molecule has 182 valence electrons. The van der Waals surface area contributed by atoms with Crippen molar-refractivity contribution in [2.45, 2.75) is 40.3 Å². The molecule has 1 atom stereocenters. The van der Waals surface area contributed by atoms with Crippen LogP contribution in [-0.4, -0.2) is 21.1 Å². The fourth-order valence-corrected chi connectivity index (χ4v) is 4.49. The van der Waals surface area contributed by atoms with E-state index < -0.39 is 6.04 Å². The summed E-state index contributed by atoms with van der Waals surface area (Å²) in [6.07, 6.45) is 0. The topological polar surface area (TPSA) is 71.3 Å².